The molecule has 0 unspecified atom stereocenters. The number of hydrogen-bond donors (Lipinski definition) is 2. The first-order chi connectivity index (χ1) is 11.1. The van der Waals surface area contributed by atoms with Crippen molar-refractivity contribution in [2.24, 2.45) is 0 Å². The molecule has 0 radical (unpaired) electrons. The zero-order chi connectivity index (χ0) is 16.7. The van der Waals surface area contributed by atoms with Crippen molar-refractivity contribution < 1.29 is 23.9 Å². The van der Waals surface area contributed by atoms with E-state index in [-0.39, 0.29) is 6.61 Å². The van der Waals surface area contributed by atoms with Crippen LogP contribution < -0.4 is 15.4 Å². The van der Waals surface area contributed by atoms with Crippen molar-refractivity contribution in [3.05, 3.63) is 42.5 Å². The van der Waals surface area contributed by atoms with E-state index in [1.165, 1.54) is 7.05 Å². The third-order valence-electron chi connectivity index (χ3n) is 2.92. The van der Waals surface area contributed by atoms with Gasteiger partial charge in [-0.3, -0.25) is 10.1 Å². The molecular formula is C16H16N2O5. The van der Waals surface area contributed by atoms with Crippen molar-refractivity contribution in [1.82, 2.24) is 10.6 Å². The fourth-order valence-corrected chi connectivity index (χ4v) is 1.81. The average molecular weight is 316 g/mol. The van der Waals surface area contributed by atoms with Gasteiger partial charge >= 0.3 is 12.0 Å². The minimum atomic E-state index is -0.719. The predicted octanol–water partition coefficient (Wildman–Crippen LogP) is 1.22. The summed E-state index contributed by atoms with van der Waals surface area (Å²) in [6, 6.07) is 12.5. The van der Waals surface area contributed by atoms with Crippen LogP contribution in [0.3, 0.4) is 0 Å². The molecule has 2 aromatic carbocycles. The van der Waals surface area contributed by atoms with Crippen LogP contribution in [0.1, 0.15) is 0 Å². The van der Waals surface area contributed by atoms with Gasteiger partial charge in [0.25, 0.3) is 5.91 Å². The zero-order valence-corrected chi connectivity index (χ0v) is 12.5. The Balaban J connectivity index is 1.79. The molecule has 0 fully saturated rings. The summed E-state index contributed by atoms with van der Waals surface area (Å²) in [5, 5.41) is 6.23. The number of fused-ring (bicyclic) bond motifs is 1. The molecule has 7 nitrogen and oxygen atoms in total. The average Bonchev–Trinajstić information content (AvgIpc) is 2.57. The van der Waals surface area contributed by atoms with Gasteiger partial charge in [0.2, 0.25) is 0 Å². The van der Waals surface area contributed by atoms with Crippen LogP contribution in [-0.2, 0) is 14.3 Å². The van der Waals surface area contributed by atoms with Gasteiger partial charge in [-0.1, -0.05) is 30.3 Å². The summed E-state index contributed by atoms with van der Waals surface area (Å²) in [6.45, 7) is -0.876. The number of nitrogens with one attached hydrogen (secondary N) is 2. The lowest BCUT2D eigenvalue weighted by Crippen LogP contribution is -2.40. The Morgan fingerprint density at radius 1 is 1.00 bits per heavy atom. The molecule has 120 valence electrons. The first-order valence-corrected chi connectivity index (χ1v) is 6.87. The first kappa shape index (κ1) is 16.3. The number of carbonyl (C=O) groups is 3. The standard InChI is InChI=1S/C16H16N2O5/c1-17-16(21)18-14(19)9-23-15(20)10-22-13-7-6-11-4-2-3-5-12(11)8-13/h2-8H,9-10H2,1H3,(H2,17,18,19,21). The molecule has 3 amide bonds. The number of amides is 3. The van der Waals surface area contributed by atoms with E-state index in [9.17, 15) is 14.4 Å². The number of rotatable bonds is 5. The Morgan fingerprint density at radius 3 is 2.48 bits per heavy atom. The number of urea groups is 1. The van der Waals surface area contributed by atoms with Crippen molar-refractivity contribution in [2.75, 3.05) is 20.3 Å². The molecule has 2 N–H and O–H groups in total. The van der Waals surface area contributed by atoms with E-state index in [4.69, 9.17) is 9.47 Å². The molecule has 0 bridgehead atoms. The molecule has 0 aliphatic carbocycles. The van der Waals surface area contributed by atoms with Crippen LogP contribution in [0.5, 0.6) is 5.75 Å². The Bertz CT molecular complexity index is 729. The van der Waals surface area contributed by atoms with E-state index in [0.29, 0.717) is 5.75 Å². The first-order valence-electron chi connectivity index (χ1n) is 6.87. The third-order valence-corrected chi connectivity index (χ3v) is 2.92. The lowest BCUT2D eigenvalue weighted by Gasteiger charge is -2.08. The molecule has 0 atom stereocenters. The van der Waals surface area contributed by atoms with Gasteiger partial charge in [-0.25, -0.2) is 9.59 Å². The van der Waals surface area contributed by atoms with Crippen LogP contribution in [0, 0.1) is 0 Å². The van der Waals surface area contributed by atoms with E-state index >= 15 is 0 Å². The van der Waals surface area contributed by atoms with E-state index in [1.807, 2.05) is 35.6 Å². The van der Waals surface area contributed by atoms with Gasteiger partial charge in [0.15, 0.2) is 13.2 Å². The lowest BCUT2D eigenvalue weighted by molar-refractivity contribution is -0.150. The maximum atomic E-state index is 11.5. The minimum absolute atomic E-state index is 0.328. The van der Waals surface area contributed by atoms with Crippen molar-refractivity contribution >= 4 is 28.7 Å². The van der Waals surface area contributed by atoms with Crippen molar-refractivity contribution in [3.63, 3.8) is 0 Å². The van der Waals surface area contributed by atoms with Gasteiger partial charge in [-0.15, -0.1) is 0 Å². The van der Waals surface area contributed by atoms with Crippen molar-refractivity contribution in [1.29, 1.82) is 0 Å². The van der Waals surface area contributed by atoms with Crippen LogP contribution in [0.4, 0.5) is 4.79 Å². The summed E-state index contributed by atoms with van der Waals surface area (Å²) in [7, 11) is 1.37. The molecule has 2 rings (SSSR count). The van der Waals surface area contributed by atoms with Gasteiger partial charge in [0, 0.05) is 7.05 Å². The molecule has 0 aliphatic rings. The molecule has 0 heterocycles. The largest absolute Gasteiger partial charge is 0.482 e. The highest BCUT2D eigenvalue weighted by molar-refractivity contribution is 5.95. The van der Waals surface area contributed by atoms with Gasteiger partial charge < -0.3 is 14.8 Å². The minimum Gasteiger partial charge on any atom is -0.482 e. The van der Waals surface area contributed by atoms with Crippen molar-refractivity contribution in [2.45, 2.75) is 0 Å². The van der Waals surface area contributed by atoms with E-state index in [2.05, 4.69) is 5.32 Å². The van der Waals surface area contributed by atoms with Crippen LogP contribution >= 0.6 is 0 Å². The predicted molar refractivity (Wildman–Crippen MR) is 83.0 cm³/mol. The SMILES string of the molecule is CNC(=O)NC(=O)COC(=O)COc1ccc2ccccc2c1. The molecule has 7 heteroatoms. The second-order valence-corrected chi connectivity index (χ2v) is 4.59. The van der Waals surface area contributed by atoms with Crippen LogP contribution in [0.15, 0.2) is 42.5 Å². The van der Waals surface area contributed by atoms with Crippen LogP contribution in [-0.4, -0.2) is 38.2 Å². The highest BCUT2D eigenvalue weighted by Gasteiger charge is 2.10. The van der Waals surface area contributed by atoms with E-state index < -0.39 is 24.5 Å². The summed E-state index contributed by atoms with van der Waals surface area (Å²) in [5.41, 5.74) is 0. The summed E-state index contributed by atoms with van der Waals surface area (Å²) >= 11 is 0. The fourth-order valence-electron chi connectivity index (χ4n) is 1.81. The highest BCUT2D eigenvalue weighted by Crippen LogP contribution is 2.20. The molecule has 0 aliphatic heterocycles. The van der Waals surface area contributed by atoms with Crippen LogP contribution in [0.25, 0.3) is 10.8 Å². The lowest BCUT2D eigenvalue weighted by atomic mass is 10.1. The Hall–Kier alpha value is -3.09. The Morgan fingerprint density at radius 2 is 1.74 bits per heavy atom. The number of carbonyl (C=O) groups excluding carboxylic acids is 3. The summed E-state index contributed by atoms with van der Waals surface area (Å²) in [6.07, 6.45) is 0. The number of benzene rings is 2. The molecular weight excluding hydrogens is 300 g/mol. The van der Waals surface area contributed by atoms with E-state index in [1.54, 1.807) is 12.1 Å². The van der Waals surface area contributed by atoms with Crippen molar-refractivity contribution in [3.8, 4) is 5.75 Å². The maximum absolute atomic E-state index is 11.5. The number of hydrogen-bond acceptors (Lipinski definition) is 5. The Labute approximate surface area is 132 Å². The number of imide groups is 1. The second-order valence-electron chi connectivity index (χ2n) is 4.59. The summed E-state index contributed by atoms with van der Waals surface area (Å²) < 4.78 is 10.0. The zero-order valence-electron chi connectivity index (χ0n) is 12.5. The second kappa shape index (κ2) is 7.79. The molecule has 0 saturated heterocycles. The third kappa shape index (κ3) is 4.99. The molecule has 0 saturated carbocycles. The quantitative estimate of drug-likeness (QED) is 0.809. The molecule has 0 aromatic heterocycles. The maximum Gasteiger partial charge on any atom is 0.344 e. The van der Waals surface area contributed by atoms with Gasteiger partial charge in [-0.05, 0) is 22.9 Å². The molecule has 23 heavy (non-hydrogen) atoms. The normalized spacial score (nSPS) is 9.96. The van der Waals surface area contributed by atoms with Crippen LogP contribution in [0.2, 0.25) is 0 Å². The smallest absolute Gasteiger partial charge is 0.344 e. The monoisotopic (exact) mass is 316 g/mol. The summed E-state index contributed by atoms with van der Waals surface area (Å²) in [5.74, 6) is -0.899. The molecule has 0 spiro atoms. The summed E-state index contributed by atoms with van der Waals surface area (Å²) in [4.78, 5) is 33.6. The molecule has 2 aromatic rings. The van der Waals surface area contributed by atoms with Gasteiger partial charge in [0.05, 0.1) is 0 Å². The van der Waals surface area contributed by atoms with Gasteiger partial charge in [0.1, 0.15) is 5.75 Å². The van der Waals surface area contributed by atoms with E-state index in [0.717, 1.165) is 10.8 Å². The number of ether oxygens (including phenoxy) is 2. The Kier molecular flexibility index (Phi) is 5.51. The topological polar surface area (TPSA) is 93.7 Å². The van der Waals surface area contributed by atoms with Gasteiger partial charge in [-0.2, -0.15) is 0 Å². The number of esters is 1. The fraction of sp³-hybridized carbons (Fsp3) is 0.188. The highest BCUT2D eigenvalue weighted by atomic mass is 16.6.